The Kier molecular flexibility index (Phi) is 1.78. The number of fused-ring (bicyclic) bond motifs is 1. The van der Waals surface area contributed by atoms with Gasteiger partial charge in [0.05, 0.1) is 17.4 Å². The minimum absolute atomic E-state index is 0.954. The summed E-state index contributed by atoms with van der Waals surface area (Å²) >= 11 is 0. The first kappa shape index (κ1) is 8.24. The number of nitrogens with zero attached hydrogens (tertiary/aromatic N) is 1. The standard InChI is InChI=1S/C13H9N2/c1-2-4-12-10(3-1)5-6-13(15-12)11-7-8-14-9-11/h1-8,14H. The molecule has 3 aromatic rings. The maximum Gasteiger partial charge on any atom is 0.0731 e. The van der Waals surface area contributed by atoms with Crippen LogP contribution in [-0.4, -0.2) is 9.97 Å². The van der Waals surface area contributed by atoms with Gasteiger partial charge in [-0.25, -0.2) is 4.98 Å². The van der Waals surface area contributed by atoms with E-state index in [4.69, 9.17) is 0 Å². The number of rotatable bonds is 1. The smallest absolute Gasteiger partial charge is 0.0731 e. The Morgan fingerprint density at radius 2 is 1.93 bits per heavy atom. The lowest BCUT2D eigenvalue weighted by atomic mass is 10.1. The van der Waals surface area contributed by atoms with Gasteiger partial charge in [-0.05, 0) is 18.2 Å². The van der Waals surface area contributed by atoms with Crippen molar-refractivity contribution in [2.24, 2.45) is 0 Å². The zero-order chi connectivity index (χ0) is 10.1. The lowest BCUT2D eigenvalue weighted by molar-refractivity contribution is 1.37. The summed E-state index contributed by atoms with van der Waals surface area (Å²) in [4.78, 5) is 7.48. The number of hydrogen-bond acceptors (Lipinski definition) is 1. The molecule has 2 heterocycles. The quantitative estimate of drug-likeness (QED) is 0.632. The van der Waals surface area contributed by atoms with E-state index in [9.17, 15) is 0 Å². The van der Waals surface area contributed by atoms with E-state index >= 15 is 0 Å². The Balaban J connectivity index is 2.22. The van der Waals surface area contributed by atoms with Crippen LogP contribution in [0.2, 0.25) is 0 Å². The van der Waals surface area contributed by atoms with Crippen LogP contribution in [0.3, 0.4) is 0 Å². The van der Waals surface area contributed by atoms with E-state index in [1.165, 1.54) is 0 Å². The summed E-state index contributed by atoms with van der Waals surface area (Å²) in [5, 5.41) is 1.16. The summed E-state index contributed by atoms with van der Waals surface area (Å²) in [5.41, 5.74) is 2.97. The fourth-order valence-corrected chi connectivity index (χ4v) is 1.65. The average molecular weight is 193 g/mol. The molecule has 2 aromatic heterocycles. The SMILES string of the molecule is [c]1[nH]ccc1-c1ccc2ccccc2n1. The first-order valence-corrected chi connectivity index (χ1v) is 4.85. The Hall–Kier alpha value is -2.09. The van der Waals surface area contributed by atoms with Crippen LogP contribution in [-0.2, 0) is 0 Å². The van der Waals surface area contributed by atoms with Crippen LogP contribution >= 0.6 is 0 Å². The van der Waals surface area contributed by atoms with Crippen LogP contribution < -0.4 is 0 Å². The second kappa shape index (κ2) is 3.24. The molecule has 0 amide bonds. The van der Waals surface area contributed by atoms with Gasteiger partial charge >= 0.3 is 0 Å². The zero-order valence-electron chi connectivity index (χ0n) is 8.07. The monoisotopic (exact) mass is 193 g/mol. The zero-order valence-corrected chi connectivity index (χ0v) is 8.07. The van der Waals surface area contributed by atoms with Crippen LogP contribution in [0.5, 0.6) is 0 Å². The van der Waals surface area contributed by atoms with Crippen molar-refractivity contribution in [1.29, 1.82) is 0 Å². The van der Waals surface area contributed by atoms with Gasteiger partial charge in [0.25, 0.3) is 0 Å². The highest BCUT2D eigenvalue weighted by molar-refractivity contribution is 5.81. The topological polar surface area (TPSA) is 28.7 Å². The van der Waals surface area contributed by atoms with Crippen molar-refractivity contribution >= 4 is 10.9 Å². The first-order valence-electron chi connectivity index (χ1n) is 4.85. The summed E-state index contributed by atoms with van der Waals surface area (Å²) in [6.45, 7) is 0. The van der Waals surface area contributed by atoms with Gasteiger partial charge in [0.15, 0.2) is 0 Å². The van der Waals surface area contributed by atoms with Crippen molar-refractivity contribution in [3.05, 3.63) is 54.9 Å². The Morgan fingerprint density at radius 3 is 2.80 bits per heavy atom. The van der Waals surface area contributed by atoms with E-state index < -0.39 is 0 Å². The summed E-state index contributed by atoms with van der Waals surface area (Å²) < 4.78 is 0. The average Bonchev–Trinajstić information content (AvgIpc) is 2.82. The molecule has 1 N–H and O–H groups in total. The largest absolute Gasteiger partial charge is 0.359 e. The van der Waals surface area contributed by atoms with E-state index in [-0.39, 0.29) is 0 Å². The lowest BCUT2D eigenvalue weighted by Gasteiger charge is -1.99. The predicted octanol–water partition coefficient (Wildman–Crippen LogP) is 3.03. The number of aromatic nitrogens is 2. The van der Waals surface area contributed by atoms with Gasteiger partial charge < -0.3 is 4.98 Å². The molecule has 0 fully saturated rings. The molecule has 3 rings (SSSR count). The van der Waals surface area contributed by atoms with Crippen molar-refractivity contribution in [3.8, 4) is 11.3 Å². The van der Waals surface area contributed by atoms with E-state index in [1.807, 2.05) is 36.5 Å². The van der Waals surface area contributed by atoms with Crippen LogP contribution in [0.25, 0.3) is 22.2 Å². The molecule has 1 aromatic carbocycles. The van der Waals surface area contributed by atoms with Gasteiger partial charge in [-0.2, -0.15) is 0 Å². The van der Waals surface area contributed by atoms with Crippen LogP contribution in [0.15, 0.2) is 48.7 Å². The molecule has 0 atom stereocenters. The molecule has 15 heavy (non-hydrogen) atoms. The Bertz CT molecular complexity index is 582. The molecule has 0 bridgehead atoms. The molecule has 1 radical (unpaired) electrons. The minimum Gasteiger partial charge on any atom is -0.359 e. The van der Waals surface area contributed by atoms with E-state index in [1.54, 1.807) is 0 Å². The maximum atomic E-state index is 4.57. The summed E-state index contributed by atoms with van der Waals surface area (Å²) in [6, 6.07) is 14.2. The highest BCUT2D eigenvalue weighted by Gasteiger charge is 2.00. The number of benzene rings is 1. The third-order valence-corrected chi connectivity index (χ3v) is 2.41. The third kappa shape index (κ3) is 1.40. The highest BCUT2D eigenvalue weighted by Crippen LogP contribution is 2.19. The molecule has 0 spiro atoms. The molecule has 71 valence electrons. The molecular weight excluding hydrogens is 184 g/mol. The predicted molar refractivity (Wildman–Crippen MR) is 60.4 cm³/mol. The van der Waals surface area contributed by atoms with E-state index in [0.717, 1.165) is 22.2 Å². The molecule has 0 aliphatic heterocycles. The van der Waals surface area contributed by atoms with Gasteiger partial charge in [-0.3, -0.25) is 0 Å². The molecule has 2 heteroatoms. The Morgan fingerprint density at radius 1 is 1.00 bits per heavy atom. The molecule has 0 aliphatic carbocycles. The van der Waals surface area contributed by atoms with Crippen molar-refractivity contribution in [2.45, 2.75) is 0 Å². The second-order valence-corrected chi connectivity index (χ2v) is 3.41. The normalized spacial score (nSPS) is 10.7. The number of pyridine rings is 1. The number of nitrogens with one attached hydrogen (secondary N) is 1. The van der Waals surface area contributed by atoms with Crippen LogP contribution in [0.1, 0.15) is 0 Å². The van der Waals surface area contributed by atoms with Gasteiger partial charge in [0.2, 0.25) is 0 Å². The second-order valence-electron chi connectivity index (χ2n) is 3.41. The molecule has 0 saturated heterocycles. The van der Waals surface area contributed by atoms with Crippen molar-refractivity contribution in [2.75, 3.05) is 0 Å². The summed E-state index contributed by atoms with van der Waals surface area (Å²) in [6.07, 6.45) is 4.88. The fourth-order valence-electron chi connectivity index (χ4n) is 1.65. The molecule has 0 aliphatic rings. The highest BCUT2D eigenvalue weighted by atomic mass is 14.7. The lowest BCUT2D eigenvalue weighted by Crippen LogP contribution is -1.82. The number of para-hydroxylation sites is 1. The summed E-state index contributed by atoms with van der Waals surface area (Å²) in [7, 11) is 0. The number of H-pyrrole nitrogens is 1. The van der Waals surface area contributed by atoms with Crippen LogP contribution in [0.4, 0.5) is 0 Å². The van der Waals surface area contributed by atoms with E-state index in [2.05, 4.69) is 28.3 Å². The number of hydrogen-bond donors (Lipinski definition) is 1. The van der Waals surface area contributed by atoms with E-state index in [0.29, 0.717) is 0 Å². The van der Waals surface area contributed by atoms with Crippen molar-refractivity contribution in [3.63, 3.8) is 0 Å². The maximum absolute atomic E-state index is 4.57. The third-order valence-electron chi connectivity index (χ3n) is 2.41. The Labute approximate surface area is 87.6 Å². The molecule has 0 unspecified atom stereocenters. The van der Waals surface area contributed by atoms with Gasteiger partial charge in [0.1, 0.15) is 0 Å². The molecular formula is C13H9N2. The van der Waals surface area contributed by atoms with Gasteiger partial charge in [0, 0.05) is 17.1 Å². The van der Waals surface area contributed by atoms with Crippen molar-refractivity contribution < 1.29 is 0 Å². The van der Waals surface area contributed by atoms with Gasteiger partial charge in [-0.15, -0.1) is 0 Å². The first-order chi connectivity index (χ1) is 7.43. The molecule has 2 nitrogen and oxygen atoms in total. The molecule has 0 saturated carbocycles. The fraction of sp³-hybridized carbons (Fsp3) is 0. The number of aromatic amines is 1. The van der Waals surface area contributed by atoms with Crippen molar-refractivity contribution in [1.82, 2.24) is 9.97 Å². The van der Waals surface area contributed by atoms with Gasteiger partial charge in [-0.1, -0.05) is 24.3 Å². The minimum atomic E-state index is 0.954. The summed E-state index contributed by atoms with van der Waals surface area (Å²) in [5.74, 6) is 0. The van der Waals surface area contributed by atoms with Crippen LogP contribution in [0, 0.1) is 6.20 Å².